The molecule has 0 N–H and O–H groups in total. The summed E-state index contributed by atoms with van der Waals surface area (Å²) in [5.41, 5.74) is 6.95. The molecule has 0 aliphatic heterocycles. The number of nitrogens with zero attached hydrogens (tertiary/aromatic N) is 2. The molecule has 0 fully saturated rings. The molecule has 0 amide bonds. The van der Waals surface area contributed by atoms with Crippen molar-refractivity contribution in [2.75, 3.05) is 4.90 Å². The summed E-state index contributed by atoms with van der Waals surface area (Å²) in [5, 5.41) is 6.95. The molecule has 4 nitrogen and oxygen atoms in total. The molecule has 230 valence electrons. The van der Waals surface area contributed by atoms with E-state index in [1.165, 1.54) is 40.3 Å². The van der Waals surface area contributed by atoms with Crippen LogP contribution < -0.4 is 4.90 Å². The minimum atomic E-state index is 0.577. The van der Waals surface area contributed by atoms with Crippen LogP contribution in [0.15, 0.2) is 154 Å². The Morgan fingerprint density at radius 3 is 1.71 bits per heavy atom. The summed E-state index contributed by atoms with van der Waals surface area (Å²) in [6.07, 6.45) is 0. The third-order valence-corrected chi connectivity index (χ3v) is 11.8. The second-order valence-corrected chi connectivity index (χ2v) is 14.5. The molecular formula is C43H24N2O2S2. The van der Waals surface area contributed by atoms with E-state index in [9.17, 15) is 0 Å². The third kappa shape index (κ3) is 4.05. The Morgan fingerprint density at radius 2 is 1.04 bits per heavy atom. The number of para-hydroxylation sites is 1. The molecule has 11 rings (SSSR count). The molecule has 4 aromatic heterocycles. The van der Waals surface area contributed by atoms with Crippen molar-refractivity contribution in [2.24, 2.45) is 0 Å². The summed E-state index contributed by atoms with van der Waals surface area (Å²) < 4.78 is 18.5. The maximum Gasteiger partial charge on any atom is 0.227 e. The number of furan rings is 1. The molecule has 6 heteroatoms. The van der Waals surface area contributed by atoms with Crippen LogP contribution in [0.2, 0.25) is 0 Å². The summed E-state index contributed by atoms with van der Waals surface area (Å²) >= 11 is 3.65. The summed E-state index contributed by atoms with van der Waals surface area (Å²) in [7, 11) is 0. The Balaban J connectivity index is 1.25. The van der Waals surface area contributed by atoms with Crippen LogP contribution in [-0.4, -0.2) is 4.98 Å². The highest BCUT2D eigenvalue weighted by atomic mass is 32.1. The van der Waals surface area contributed by atoms with Gasteiger partial charge in [0.15, 0.2) is 5.58 Å². The molecule has 0 aliphatic carbocycles. The van der Waals surface area contributed by atoms with Gasteiger partial charge in [0.05, 0.1) is 11.1 Å². The molecule has 0 aliphatic rings. The summed E-state index contributed by atoms with van der Waals surface area (Å²) in [5.74, 6) is 0.577. The van der Waals surface area contributed by atoms with Gasteiger partial charge in [-0.25, -0.2) is 4.98 Å². The lowest BCUT2D eigenvalue weighted by Crippen LogP contribution is -2.10. The second-order valence-electron chi connectivity index (χ2n) is 12.3. The molecule has 0 saturated carbocycles. The second kappa shape index (κ2) is 10.3. The van der Waals surface area contributed by atoms with Gasteiger partial charge in [-0.3, -0.25) is 0 Å². The predicted octanol–water partition coefficient (Wildman–Crippen LogP) is 13.6. The number of rotatable bonds is 4. The smallest absolute Gasteiger partial charge is 0.227 e. The van der Waals surface area contributed by atoms with Crippen LogP contribution in [0.1, 0.15) is 0 Å². The van der Waals surface area contributed by atoms with E-state index in [2.05, 4.69) is 102 Å². The van der Waals surface area contributed by atoms with Crippen LogP contribution in [0.25, 0.3) is 84.8 Å². The molecule has 0 spiro atoms. The highest BCUT2D eigenvalue weighted by molar-refractivity contribution is 7.26. The quantitative estimate of drug-likeness (QED) is 0.188. The van der Waals surface area contributed by atoms with Crippen LogP contribution in [0.4, 0.5) is 17.1 Å². The highest BCUT2D eigenvalue weighted by Crippen LogP contribution is 2.48. The van der Waals surface area contributed by atoms with E-state index >= 15 is 0 Å². The molecule has 0 saturated heterocycles. The molecular weight excluding hydrogens is 641 g/mol. The van der Waals surface area contributed by atoms with Gasteiger partial charge in [-0.1, -0.05) is 72.8 Å². The average Bonchev–Trinajstić information content (AvgIpc) is 3.93. The van der Waals surface area contributed by atoms with Gasteiger partial charge >= 0.3 is 0 Å². The number of fused-ring (bicyclic) bond motifs is 11. The van der Waals surface area contributed by atoms with Gasteiger partial charge < -0.3 is 13.7 Å². The Labute approximate surface area is 287 Å². The van der Waals surface area contributed by atoms with Crippen molar-refractivity contribution >= 4 is 113 Å². The fraction of sp³-hybridized carbons (Fsp3) is 0. The number of anilines is 3. The number of aromatic nitrogens is 1. The number of oxazole rings is 1. The van der Waals surface area contributed by atoms with Gasteiger partial charge in [-0.15, -0.1) is 22.7 Å². The van der Waals surface area contributed by atoms with Crippen molar-refractivity contribution in [1.82, 2.24) is 4.98 Å². The first-order valence-electron chi connectivity index (χ1n) is 16.2. The molecule has 7 aromatic carbocycles. The van der Waals surface area contributed by atoms with E-state index in [-0.39, 0.29) is 0 Å². The third-order valence-electron chi connectivity index (χ3n) is 9.49. The van der Waals surface area contributed by atoms with Gasteiger partial charge in [-0.05, 0) is 66.7 Å². The zero-order chi connectivity index (χ0) is 32.1. The molecule has 0 atom stereocenters. The average molecular weight is 665 g/mol. The Morgan fingerprint density at radius 1 is 0.469 bits per heavy atom. The standard InChI is InChI=1S/C43H24N2O2S2/c1-2-10-25(11-3-1)43-44-41-40-30-14-4-7-15-34(30)46-35(40)24-33(42(41)47-43)45(26-18-20-38-31(22-26)28-12-5-8-16-36(28)48-38)27-19-21-39-32(23-27)29-13-6-9-17-37(29)49-39/h1-24H. The molecule has 49 heavy (non-hydrogen) atoms. The van der Waals surface area contributed by atoms with Crippen molar-refractivity contribution in [3.63, 3.8) is 0 Å². The maximum absolute atomic E-state index is 6.83. The fourth-order valence-corrected chi connectivity index (χ4v) is 9.44. The molecule has 4 heterocycles. The molecule has 0 radical (unpaired) electrons. The predicted molar refractivity (Wildman–Crippen MR) is 207 cm³/mol. The number of hydrogen-bond acceptors (Lipinski definition) is 6. The van der Waals surface area contributed by atoms with Crippen LogP contribution >= 0.6 is 22.7 Å². The molecule has 0 bridgehead atoms. The number of thiophene rings is 2. The van der Waals surface area contributed by atoms with E-state index in [0.29, 0.717) is 11.5 Å². The summed E-state index contributed by atoms with van der Waals surface area (Å²) in [4.78, 5) is 7.49. The topological polar surface area (TPSA) is 42.4 Å². The maximum atomic E-state index is 6.83. The lowest BCUT2D eigenvalue weighted by Gasteiger charge is -2.25. The molecule has 11 aromatic rings. The number of benzene rings is 7. The van der Waals surface area contributed by atoms with E-state index in [0.717, 1.165) is 50.1 Å². The summed E-state index contributed by atoms with van der Waals surface area (Å²) in [6.45, 7) is 0. The van der Waals surface area contributed by atoms with Crippen molar-refractivity contribution in [3.05, 3.63) is 146 Å². The van der Waals surface area contributed by atoms with Crippen molar-refractivity contribution in [3.8, 4) is 11.5 Å². The lowest BCUT2D eigenvalue weighted by molar-refractivity contribution is 0.620. The van der Waals surface area contributed by atoms with E-state index in [1.807, 2.05) is 71.2 Å². The highest BCUT2D eigenvalue weighted by Gasteiger charge is 2.26. The Hall–Kier alpha value is -5.95. The van der Waals surface area contributed by atoms with Gasteiger partial charge in [-0.2, -0.15) is 0 Å². The van der Waals surface area contributed by atoms with E-state index in [4.69, 9.17) is 13.8 Å². The number of hydrogen-bond donors (Lipinski definition) is 0. The first kappa shape index (κ1) is 27.0. The van der Waals surface area contributed by atoms with E-state index in [1.54, 1.807) is 0 Å². The van der Waals surface area contributed by atoms with Gasteiger partial charge in [0.2, 0.25) is 5.89 Å². The van der Waals surface area contributed by atoms with Crippen molar-refractivity contribution < 1.29 is 8.83 Å². The minimum absolute atomic E-state index is 0.577. The molecule has 0 unspecified atom stereocenters. The van der Waals surface area contributed by atoms with Gasteiger partial charge in [0.1, 0.15) is 16.7 Å². The fourth-order valence-electron chi connectivity index (χ4n) is 7.27. The van der Waals surface area contributed by atoms with Crippen LogP contribution in [0, 0.1) is 0 Å². The summed E-state index contributed by atoms with van der Waals surface area (Å²) in [6, 6.07) is 51.3. The van der Waals surface area contributed by atoms with Crippen LogP contribution in [-0.2, 0) is 0 Å². The van der Waals surface area contributed by atoms with Crippen LogP contribution in [0.5, 0.6) is 0 Å². The van der Waals surface area contributed by atoms with Crippen molar-refractivity contribution in [1.29, 1.82) is 0 Å². The SMILES string of the molecule is c1ccc(-c2nc3c(o2)c(N(c2ccc4sc5ccccc5c4c2)c2ccc4sc5ccccc5c4c2)cc2oc4ccccc4c23)cc1. The zero-order valence-electron chi connectivity index (χ0n) is 25.9. The zero-order valence-corrected chi connectivity index (χ0v) is 27.5. The largest absolute Gasteiger partial charge is 0.456 e. The normalized spacial score (nSPS) is 12.1. The monoisotopic (exact) mass is 664 g/mol. The van der Waals surface area contributed by atoms with Gasteiger partial charge in [0, 0.05) is 68.7 Å². The Bertz CT molecular complexity index is 2960. The first-order chi connectivity index (χ1) is 24.3. The minimum Gasteiger partial charge on any atom is -0.456 e. The van der Waals surface area contributed by atoms with E-state index < -0.39 is 0 Å². The van der Waals surface area contributed by atoms with Crippen molar-refractivity contribution in [2.45, 2.75) is 0 Å². The Kier molecular flexibility index (Phi) is 5.67. The van der Waals surface area contributed by atoms with Gasteiger partial charge in [0.25, 0.3) is 0 Å². The first-order valence-corrected chi connectivity index (χ1v) is 17.8. The lowest BCUT2D eigenvalue weighted by atomic mass is 10.1. The van der Waals surface area contributed by atoms with Crippen LogP contribution in [0.3, 0.4) is 0 Å².